The number of nitro groups is 1. The minimum Gasteiger partial charge on any atom is -0.497 e. The molecule has 0 bridgehead atoms. The largest absolute Gasteiger partial charge is 0.497 e. The molecule has 4 rings (SSSR count). The standard InChI is InChI=1S/C26H26ClN3O5/c1-34-21-9-4-18(5-10-21)24(29-14-2-3-15-29)17-28-26(31)19-6-11-22(12-7-19)35-25-13-8-20(27)16-23(25)30(32)33/h4-13,16,24H,2-3,14-15,17H2,1H3,(H,28,31). The number of benzene rings is 3. The number of carbonyl (C=O) groups is 1. The number of methoxy groups -OCH3 is 1. The Balaban J connectivity index is 1.42. The second-order valence-electron chi connectivity index (χ2n) is 8.24. The van der Waals surface area contributed by atoms with E-state index in [4.69, 9.17) is 21.1 Å². The summed E-state index contributed by atoms with van der Waals surface area (Å²) in [5.41, 5.74) is 1.37. The summed E-state index contributed by atoms with van der Waals surface area (Å²) in [5, 5.41) is 14.6. The molecule has 1 amide bonds. The SMILES string of the molecule is COc1ccc(C(CNC(=O)c2ccc(Oc3ccc(Cl)cc3[N+](=O)[O-])cc2)N2CCCC2)cc1. The van der Waals surface area contributed by atoms with E-state index in [2.05, 4.69) is 10.2 Å². The summed E-state index contributed by atoms with van der Waals surface area (Å²) in [7, 11) is 1.64. The molecule has 1 fully saturated rings. The lowest BCUT2D eigenvalue weighted by molar-refractivity contribution is -0.385. The van der Waals surface area contributed by atoms with E-state index in [1.165, 1.54) is 18.2 Å². The topological polar surface area (TPSA) is 93.9 Å². The van der Waals surface area contributed by atoms with E-state index < -0.39 is 4.92 Å². The van der Waals surface area contributed by atoms with Gasteiger partial charge in [0.1, 0.15) is 11.5 Å². The molecule has 1 saturated heterocycles. The van der Waals surface area contributed by atoms with Crippen molar-refractivity contribution in [1.29, 1.82) is 0 Å². The third kappa shape index (κ3) is 6.09. The predicted molar refractivity (Wildman–Crippen MR) is 133 cm³/mol. The number of nitro benzene ring substituents is 1. The normalized spacial score (nSPS) is 14.3. The average Bonchev–Trinajstić information content (AvgIpc) is 3.40. The van der Waals surface area contributed by atoms with Crippen LogP contribution >= 0.6 is 11.6 Å². The fourth-order valence-corrected chi connectivity index (χ4v) is 4.32. The Kier molecular flexibility index (Phi) is 7.84. The Morgan fingerprint density at radius 2 is 1.71 bits per heavy atom. The van der Waals surface area contributed by atoms with Crippen molar-refractivity contribution < 1.29 is 19.2 Å². The van der Waals surface area contributed by atoms with Crippen LogP contribution in [-0.2, 0) is 0 Å². The molecule has 3 aromatic rings. The summed E-state index contributed by atoms with van der Waals surface area (Å²) in [6.45, 7) is 2.46. The van der Waals surface area contributed by atoms with Crippen molar-refractivity contribution in [3.05, 3.63) is 93.0 Å². The van der Waals surface area contributed by atoms with Crippen molar-refractivity contribution in [2.24, 2.45) is 0 Å². The molecule has 1 atom stereocenters. The van der Waals surface area contributed by atoms with Crippen molar-refractivity contribution in [2.45, 2.75) is 18.9 Å². The van der Waals surface area contributed by atoms with Gasteiger partial charge < -0.3 is 14.8 Å². The molecule has 1 aliphatic rings. The lowest BCUT2D eigenvalue weighted by Gasteiger charge is -2.28. The van der Waals surface area contributed by atoms with Crippen LogP contribution in [0, 0.1) is 10.1 Å². The minimum atomic E-state index is -0.553. The summed E-state index contributed by atoms with van der Waals surface area (Å²) < 4.78 is 10.9. The number of amides is 1. The van der Waals surface area contributed by atoms with Gasteiger partial charge in [-0.3, -0.25) is 19.8 Å². The van der Waals surface area contributed by atoms with E-state index in [1.54, 1.807) is 31.4 Å². The molecule has 0 radical (unpaired) electrons. The van der Waals surface area contributed by atoms with Gasteiger partial charge in [0.2, 0.25) is 5.75 Å². The number of halogens is 1. The molecule has 1 heterocycles. The predicted octanol–water partition coefficient (Wildman–Crippen LogP) is 5.62. The Hall–Kier alpha value is -3.62. The van der Waals surface area contributed by atoms with Gasteiger partial charge in [-0.25, -0.2) is 0 Å². The summed E-state index contributed by atoms with van der Waals surface area (Å²) in [4.78, 5) is 26.0. The zero-order valence-corrected chi connectivity index (χ0v) is 20.0. The maximum atomic E-state index is 12.9. The van der Waals surface area contributed by atoms with Gasteiger partial charge in [0, 0.05) is 23.2 Å². The molecular weight excluding hydrogens is 470 g/mol. The third-order valence-corrected chi connectivity index (χ3v) is 6.24. The van der Waals surface area contributed by atoms with Gasteiger partial charge in [0.05, 0.1) is 18.1 Å². The Labute approximate surface area is 208 Å². The number of carbonyl (C=O) groups excluding carboxylic acids is 1. The summed E-state index contributed by atoms with van der Waals surface area (Å²) >= 11 is 5.85. The zero-order chi connectivity index (χ0) is 24.8. The third-order valence-electron chi connectivity index (χ3n) is 6.00. The number of nitrogens with zero attached hydrogens (tertiary/aromatic N) is 2. The molecule has 182 valence electrons. The maximum Gasteiger partial charge on any atom is 0.313 e. The van der Waals surface area contributed by atoms with Crippen LogP contribution in [0.5, 0.6) is 17.2 Å². The summed E-state index contributed by atoms with van der Waals surface area (Å²) in [6.07, 6.45) is 2.29. The van der Waals surface area contributed by atoms with Crippen LogP contribution in [0.3, 0.4) is 0 Å². The summed E-state index contributed by atoms with van der Waals surface area (Å²) in [5.74, 6) is 1.04. The van der Waals surface area contributed by atoms with Gasteiger partial charge in [-0.05, 0) is 80.0 Å². The maximum absolute atomic E-state index is 12.9. The number of likely N-dealkylation sites (tertiary alicyclic amines) is 1. The molecule has 0 aromatic heterocycles. The number of hydrogen-bond acceptors (Lipinski definition) is 6. The average molecular weight is 496 g/mol. The number of hydrogen-bond donors (Lipinski definition) is 1. The van der Waals surface area contributed by atoms with Crippen LogP contribution in [-0.4, -0.2) is 42.5 Å². The lowest BCUT2D eigenvalue weighted by Crippen LogP contribution is -2.36. The second-order valence-corrected chi connectivity index (χ2v) is 8.67. The van der Waals surface area contributed by atoms with Crippen LogP contribution in [0.4, 0.5) is 5.69 Å². The molecular formula is C26H26ClN3O5. The summed E-state index contributed by atoms with van der Waals surface area (Å²) in [6, 6.07) is 18.7. The second kappa shape index (κ2) is 11.2. The first-order chi connectivity index (χ1) is 16.9. The van der Waals surface area contributed by atoms with Gasteiger partial charge >= 0.3 is 5.69 Å². The van der Waals surface area contributed by atoms with Gasteiger partial charge in [0.25, 0.3) is 5.91 Å². The van der Waals surface area contributed by atoms with Crippen LogP contribution in [0.25, 0.3) is 0 Å². The molecule has 9 heteroatoms. The van der Waals surface area contributed by atoms with Crippen molar-refractivity contribution in [1.82, 2.24) is 10.2 Å². The van der Waals surface area contributed by atoms with Crippen molar-refractivity contribution >= 4 is 23.2 Å². The molecule has 3 aromatic carbocycles. The highest BCUT2D eigenvalue weighted by Crippen LogP contribution is 2.33. The smallest absolute Gasteiger partial charge is 0.313 e. The molecule has 8 nitrogen and oxygen atoms in total. The number of nitrogens with one attached hydrogen (secondary N) is 1. The fourth-order valence-electron chi connectivity index (χ4n) is 4.15. The minimum absolute atomic E-state index is 0.0698. The van der Waals surface area contributed by atoms with Crippen molar-refractivity contribution in [3.8, 4) is 17.2 Å². The molecule has 0 spiro atoms. The molecule has 1 N–H and O–H groups in total. The van der Waals surface area contributed by atoms with Crippen molar-refractivity contribution in [3.63, 3.8) is 0 Å². The molecule has 0 aliphatic carbocycles. The van der Waals surface area contributed by atoms with Crippen LogP contribution < -0.4 is 14.8 Å². The number of rotatable bonds is 9. The Bertz CT molecular complexity index is 1180. The van der Waals surface area contributed by atoms with Crippen LogP contribution in [0.15, 0.2) is 66.7 Å². The van der Waals surface area contributed by atoms with Crippen LogP contribution in [0.2, 0.25) is 5.02 Å². The Morgan fingerprint density at radius 3 is 2.34 bits per heavy atom. The highest BCUT2D eigenvalue weighted by molar-refractivity contribution is 6.30. The van der Waals surface area contributed by atoms with E-state index >= 15 is 0 Å². The first-order valence-corrected chi connectivity index (χ1v) is 11.7. The molecule has 35 heavy (non-hydrogen) atoms. The van der Waals surface area contributed by atoms with E-state index in [9.17, 15) is 14.9 Å². The van der Waals surface area contributed by atoms with E-state index in [-0.39, 0.29) is 28.4 Å². The highest BCUT2D eigenvalue weighted by Gasteiger charge is 2.24. The van der Waals surface area contributed by atoms with Gasteiger partial charge in [-0.1, -0.05) is 23.7 Å². The monoisotopic (exact) mass is 495 g/mol. The van der Waals surface area contributed by atoms with Gasteiger partial charge in [-0.2, -0.15) is 0 Å². The molecule has 1 aliphatic heterocycles. The van der Waals surface area contributed by atoms with E-state index in [0.29, 0.717) is 17.9 Å². The molecule has 0 saturated carbocycles. The van der Waals surface area contributed by atoms with Gasteiger partial charge in [-0.15, -0.1) is 0 Å². The van der Waals surface area contributed by atoms with Gasteiger partial charge in [0.15, 0.2) is 0 Å². The highest BCUT2D eigenvalue weighted by atomic mass is 35.5. The Morgan fingerprint density at radius 1 is 1.06 bits per heavy atom. The quantitative estimate of drug-likeness (QED) is 0.306. The fraction of sp³-hybridized carbons (Fsp3) is 0.269. The van der Waals surface area contributed by atoms with Crippen molar-refractivity contribution in [2.75, 3.05) is 26.7 Å². The van der Waals surface area contributed by atoms with Crippen LogP contribution in [0.1, 0.15) is 34.8 Å². The van der Waals surface area contributed by atoms with E-state index in [1.807, 2.05) is 24.3 Å². The van der Waals surface area contributed by atoms with E-state index in [0.717, 1.165) is 37.2 Å². The molecule has 1 unspecified atom stereocenters. The lowest BCUT2D eigenvalue weighted by atomic mass is 10.0. The number of ether oxygens (including phenoxy) is 2. The first-order valence-electron chi connectivity index (χ1n) is 11.3. The zero-order valence-electron chi connectivity index (χ0n) is 19.3. The first kappa shape index (κ1) is 24.5.